The largest absolute Gasteiger partial charge is 0.465 e. The third-order valence-electron chi connectivity index (χ3n) is 2.96. The molecule has 3 atom stereocenters. The highest BCUT2D eigenvalue weighted by molar-refractivity contribution is 14.1. The van der Waals surface area contributed by atoms with Gasteiger partial charge in [0.2, 0.25) is 0 Å². The zero-order valence-corrected chi connectivity index (χ0v) is 10.2. The van der Waals surface area contributed by atoms with E-state index in [1.165, 1.54) is 6.42 Å². The van der Waals surface area contributed by atoms with Gasteiger partial charge in [0, 0.05) is 16.3 Å². The van der Waals surface area contributed by atoms with Crippen LogP contribution in [0.5, 0.6) is 0 Å². The second kappa shape index (κ2) is 4.79. The van der Waals surface area contributed by atoms with Crippen molar-refractivity contribution >= 4 is 28.6 Å². The van der Waals surface area contributed by atoms with E-state index in [0.29, 0.717) is 29.0 Å². The van der Waals surface area contributed by atoms with Gasteiger partial charge in [0.15, 0.2) is 0 Å². The van der Waals surface area contributed by atoms with Crippen LogP contribution < -0.4 is 0 Å². The molecule has 3 nitrogen and oxygen atoms in total. The lowest BCUT2D eigenvalue weighted by Gasteiger charge is -2.33. The highest BCUT2D eigenvalue weighted by Gasteiger charge is 2.31. The fourth-order valence-corrected chi connectivity index (χ4v) is 2.63. The van der Waals surface area contributed by atoms with E-state index in [4.69, 9.17) is 9.47 Å². The first kappa shape index (κ1) is 10.7. The summed E-state index contributed by atoms with van der Waals surface area (Å²) >= 11 is 2.43. The predicted molar refractivity (Wildman–Crippen MR) is 60.5 cm³/mol. The minimum Gasteiger partial charge on any atom is -0.465 e. The highest BCUT2D eigenvalue weighted by atomic mass is 127. The number of cyclic esters (lactones) is 1. The molecule has 0 amide bonds. The summed E-state index contributed by atoms with van der Waals surface area (Å²) in [5.41, 5.74) is 0. The van der Waals surface area contributed by atoms with Crippen LogP contribution in [-0.4, -0.2) is 29.2 Å². The maximum absolute atomic E-state index is 10.9. The number of rotatable bonds is 1. The Bertz CT molecular complexity index is 201. The summed E-state index contributed by atoms with van der Waals surface area (Å²) < 4.78 is 11.5. The average molecular weight is 310 g/mol. The number of halogens is 1. The third-order valence-corrected chi connectivity index (χ3v) is 3.94. The van der Waals surface area contributed by atoms with Gasteiger partial charge in [-0.1, -0.05) is 22.6 Å². The van der Waals surface area contributed by atoms with E-state index in [9.17, 15) is 4.79 Å². The van der Waals surface area contributed by atoms with E-state index in [1.807, 2.05) is 0 Å². The van der Waals surface area contributed by atoms with Gasteiger partial charge in [-0.2, -0.15) is 0 Å². The van der Waals surface area contributed by atoms with Gasteiger partial charge in [-0.3, -0.25) is 4.79 Å². The number of hydrogen-bond donors (Lipinski definition) is 0. The van der Waals surface area contributed by atoms with Gasteiger partial charge in [-0.25, -0.2) is 0 Å². The Morgan fingerprint density at radius 1 is 1.21 bits per heavy atom. The lowest BCUT2D eigenvalue weighted by molar-refractivity contribution is -0.154. The number of esters is 1. The van der Waals surface area contributed by atoms with Crippen molar-refractivity contribution in [3.8, 4) is 0 Å². The van der Waals surface area contributed by atoms with Crippen LogP contribution in [0.25, 0.3) is 0 Å². The monoisotopic (exact) mass is 310 g/mol. The smallest absolute Gasteiger partial charge is 0.305 e. The minimum atomic E-state index is -0.0520. The summed E-state index contributed by atoms with van der Waals surface area (Å²) in [5.74, 6) is 0.389. The first-order chi connectivity index (χ1) is 6.75. The van der Waals surface area contributed by atoms with Crippen LogP contribution in [-0.2, 0) is 14.3 Å². The first-order valence-corrected chi connectivity index (χ1v) is 6.41. The molecule has 0 saturated carbocycles. The Labute approximate surface area is 97.7 Å². The fraction of sp³-hybridized carbons (Fsp3) is 0.900. The molecule has 2 heterocycles. The van der Waals surface area contributed by atoms with Crippen LogP contribution in [0.15, 0.2) is 0 Å². The van der Waals surface area contributed by atoms with Crippen LogP contribution in [0.4, 0.5) is 0 Å². The summed E-state index contributed by atoms with van der Waals surface area (Å²) in [6, 6.07) is 0. The van der Waals surface area contributed by atoms with Crippen LogP contribution in [0.1, 0.15) is 25.7 Å². The maximum Gasteiger partial charge on any atom is 0.305 e. The minimum absolute atomic E-state index is 0.0520. The molecule has 0 N–H and O–H groups in total. The molecule has 4 heteroatoms. The molecule has 2 aliphatic rings. The summed E-state index contributed by atoms with van der Waals surface area (Å²) in [5, 5.41) is 0. The first-order valence-electron chi connectivity index (χ1n) is 5.17. The zero-order chi connectivity index (χ0) is 9.97. The number of alkyl halides is 1. The SMILES string of the molecule is O=C1CCC(C2CCC(I)CO2)CO1. The van der Waals surface area contributed by atoms with Crippen LogP contribution in [0, 0.1) is 5.92 Å². The second-order valence-corrected chi connectivity index (χ2v) is 5.79. The van der Waals surface area contributed by atoms with E-state index in [0.717, 1.165) is 19.4 Å². The van der Waals surface area contributed by atoms with E-state index >= 15 is 0 Å². The van der Waals surface area contributed by atoms with E-state index in [-0.39, 0.29) is 5.97 Å². The molecule has 2 aliphatic heterocycles. The number of carbonyl (C=O) groups is 1. The number of ether oxygens (including phenoxy) is 2. The molecule has 80 valence electrons. The lowest BCUT2D eigenvalue weighted by Crippen LogP contribution is -2.37. The molecule has 2 rings (SSSR count). The Morgan fingerprint density at radius 2 is 2.07 bits per heavy atom. The Hall–Kier alpha value is 0.160. The quantitative estimate of drug-likeness (QED) is 0.422. The highest BCUT2D eigenvalue weighted by Crippen LogP contribution is 2.28. The molecule has 0 aromatic rings. The molecule has 0 spiro atoms. The van der Waals surface area contributed by atoms with E-state index < -0.39 is 0 Å². The Kier molecular flexibility index (Phi) is 3.65. The van der Waals surface area contributed by atoms with Crippen molar-refractivity contribution in [2.45, 2.75) is 35.7 Å². The van der Waals surface area contributed by atoms with Gasteiger partial charge in [0.1, 0.15) is 0 Å². The third kappa shape index (κ3) is 2.59. The van der Waals surface area contributed by atoms with Gasteiger partial charge in [0.25, 0.3) is 0 Å². The van der Waals surface area contributed by atoms with Crippen molar-refractivity contribution in [2.75, 3.05) is 13.2 Å². The molecule has 0 aromatic heterocycles. The number of hydrogen-bond acceptors (Lipinski definition) is 3. The van der Waals surface area contributed by atoms with Gasteiger partial charge < -0.3 is 9.47 Å². The molecular formula is C10H15IO3. The number of carbonyl (C=O) groups excluding carboxylic acids is 1. The molecule has 0 bridgehead atoms. The second-order valence-electron chi connectivity index (χ2n) is 4.03. The van der Waals surface area contributed by atoms with Gasteiger partial charge >= 0.3 is 5.97 Å². The summed E-state index contributed by atoms with van der Waals surface area (Å²) in [7, 11) is 0. The van der Waals surface area contributed by atoms with Crippen molar-refractivity contribution in [1.82, 2.24) is 0 Å². The van der Waals surface area contributed by atoms with E-state index in [1.54, 1.807) is 0 Å². The van der Waals surface area contributed by atoms with Crippen molar-refractivity contribution in [3.63, 3.8) is 0 Å². The van der Waals surface area contributed by atoms with Crippen LogP contribution in [0.3, 0.4) is 0 Å². The zero-order valence-electron chi connectivity index (χ0n) is 8.08. The van der Waals surface area contributed by atoms with Crippen molar-refractivity contribution in [1.29, 1.82) is 0 Å². The van der Waals surface area contributed by atoms with Crippen molar-refractivity contribution < 1.29 is 14.3 Å². The average Bonchev–Trinajstić information content (AvgIpc) is 2.21. The topological polar surface area (TPSA) is 35.5 Å². The molecule has 3 unspecified atom stereocenters. The molecular weight excluding hydrogens is 295 g/mol. The van der Waals surface area contributed by atoms with Crippen LogP contribution >= 0.6 is 22.6 Å². The van der Waals surface area contributed by atoms with Crippen LogP contribution in [0.2, 0.25) is 0 Å². The normalized spacial score (nSPS) is 39.2. The summed E-state index contributed by atoms with van der Waals surface area (Å²) in [4.78, 5) is 10.9. The fourth-order valence-electron chi connectivity index (χ4n) is 2.06. The van der Waals surface area contributed by atoms with Gasteiger partial charge in [0.05, 0.1) is 19.3 Å². The molecule has 0 aliphatic carbocycles. The molecule has 0 radical (unpaired) electrons. The van der Waals surface area contributed by atoms with Gasteiger partial charge in [-0.05, 0) is 19.3 Å². The van der Waals surface area contributed by atoms with Gasteiger partial charge in [-0.15, -0.1) is 0 Å². The molecule has 14 heavy (non-hydrogen) atoms. The lowest BCUT2D eigenvalue weighted by atomic mass is 9.91. The molecule has 0 aromatic carbocycles. The molecule has 2 fully saturated rings. The maximum atomic E-state index is 10.9. The van der Waals surface area contributed by atoms with Crippen molar-refractivity contribution in [2.24, 2.45) is 5.92 Å². The standard InChI is InChI=1S/C10H15IO3/c11-8-2-3-9(13-6-8)7-1-4-10(12)14-5-7/h7-9H,1-6H2. The van der Waals surface area contributed by atoms with E-state index in [2.05, 4.69) is 22.6 Å². The van der Waals surface area contributed by atoms with Crippen molar-refractivity contribution in [3.05, 3.63) is 0 Å². The summed E-state index contributed by atoms with van der Waals surface area (Å²) in [6.45, 7) is 1.42. The molecule has 2 saturated heterocycles. The summed E-state index contributed by atoms with van der Waals surface area (Å²) in [6.07, 6.45) is 4.19. The Morgan fingerprint density at radius 3 is 2.64 bits per heavy atom. The predicted octanol–water partition coefficient (Wildman–Crippen LogP) is 1.92. The Balaban J connectivity index is 1.81.